The molecular formula is C30H21ClN6O4S. The average molecular weight is 597 g/mol. The van der Waals surface area contributed by atoms with Gasteiger partial charge in [0, 0.05) is 28.9 Å². The van der Waals surface area contributed by atoms with E-state index in [2.05, 4.69) is 20.6 Å². The molecule has 6 aromatic rings. The summed E-state index contributed by atoms with van der Waals surface area (Å²) in [6.45, 7) is 0.203. The Hall–Kier alpha value is -5.13. The summed E-state index contributed by atoms with van der Waals surface area (Å²) in [5.41, 5.74) is 1.94. The molecule has 0 amide bonds. The molecule has 0 radical (unpaired) electrons. The zero-order valence-electron chi connectivity index (χ0n) is 21.8. The Morgan fingerprint density at radius 3 is 2.57 bits per heavy atom. The minimum atomic E-state index is -0.468. The number of thiophene rings is 1. The molecule has 0 fully saturated rings. The number of nitrogens with one attached hydrogen (secondary N) is 1. The Balaban J connectivity index is 1.44. The van der Waals surface area contributed by atoms with Crippen LogP contribution >= 0.6 is 22.9 Å². The van der Waals surface area contributed by atoms with Gasteiger partial charge >= 0.3 is 0 Å². The summed E-state index contributed by atoms with van der Waals surface area (Å²) in [5.74, 6) is -0.368. The van der Waals surface area contributed by atoms with Gasteiger partial charge < -0.3 is 14.4 Å². The molecule has 0 aliphatic carbocycles. The first-order valence-corrected chi connectivity index (χ1v) is 13.9. The van der Waals surface area contributed by atoms with Crippen LogP contribution in [0.25, 0.3) is 22.4 Å². The maximum Gasteiger partial charge on any atom is 0.285 e. The van der Waals surface area contributed by atoms with Crippen molar-refractivity contribution >= 4 is 40.4 Å². The number of aromatic nitrogens is 5. The summed E-state index contributed by atoms with van der Waals surface area (Å²) in [6.07, 6.45) is 5.63. The SMILES string of the molecule is O=C(Cn1ccc(-c2cc(NCc3ccc(Cl)s3)n(C(=O)c3cnoc3)n2)c(-c2ccccc2)c1=O)c1ccccn1. The molecule has 5 heterocycles. The van der Waals surface area contributed by atoms with Gasteiger partial charge in [-0.25, -0.2) is 0 Å². The summed E-state index contributed by atoms with van der Waals surface area (Å²) >= 11 is 7.51. The highest BCUT2D eigenvalue weighted by molar-refractivity contribution is 7.16. The fourth-order valence-corrected chi connectivity index (χ4v) is 5.44. The van der Waals surface area contributed by atoms with Gasteiger partial charge in [-0.1, -0.05) is 53.2 Å². The Kier molecular flexibility index (Phi) is 7.58. The maximum absolute atomic E-state index is 13.9. The van der Waals surface area contributed by atoms with Crippen LogP contribution in [0.4, 0.5) is 5.82 Å². The van der Waals surface area contributed by atoms with Crippen LogP contribution in [0.5, 0.6) is 0 Å². The van der Waals surface area contributed by atoms with Crippen LogP contribution in [0.2, 0.25) is 4.34 Å². The third-order valence-corrected chi connectivity index (χ3v) is 7.65. The van der Waals surface area contributed by atoms with Gasteiger partial charge in [0.2, 0.25) is 5.78 Å². The highest BCUT2D eigenvalue weighted by Gasteiger charge is 2.23. The summed E-state index contributed by atoms with van der Waals surface area (Å²) in [4.78, 5) is 45.2. The zero-order valence-corrected chi connectivity index (χ0v) is 23.4. The van der Waals surface area contributed by atoms with Crippen LogP contribution in [0, 0.1) is 0 Å². The summed E-state index contributed by atoms with van der Waals surface area (Å²) in [7, 11) is 0. The molecule has 0 bridgehead atoms. The van der Waals surface area contributed by atoms with E-state index in [1.807, 2.05) is 36.4 Å². The standard InChI is InChI=1S/C30H21ClN6O4S/c31-26-10-9-21(42-26)16-33-27-14-24(35-37(27)29(39)20-15-34-41-18-20)22-11-13-36(17-25(38)23-8-4-5-12-32-23)30(40)28(22)19-6-2-1-3-7-19/h1-15,18,33H,16-17H2. The van der Waals surface area contributed by atoms with Gasteiger partial charge in [-0.2, -0.15) is 9.78 Å². The first-order valence-electron chi connectivity index (χ1n) is 12.7. The Morgan fingerprint density at radius 1 is 1.02 bits per heavy atom. The summed E-state index contributed by atoms with van der Waals surface area (Å²) in [6, 6.07) is 21.3. The van der Waals surface area contributed by atoms with Gasteiger partial charge in [-0.15, -0.1) is 11.3 Å². The Bertz CT molecular complexity index is 1930. The van der Waals surface area contributed by atoms with E-state index < -0.39 is 5.91 Å². The molecule has 42 heavy (non-hydrogen) atoms. The van der Waals surface area contributed by atoms with Crippen molar-refractivity contribution in [3.8, 4) is 22.4 Å². The van der Waals surface area contributed by atoms with Crippen molar-refractivity contribution in [2.45, 2.75) is 13.1 Å². The zero-order chi connectivity index (χ0) is 29.1. The molecule has 0 unspecified atom stereocenters. The first-order chi connectivity index (χ1) is 20.5. The average Bonchev–Trinajstić information content (AvgIpc) is 3.79. The second-order valence-electron chi connectivity index (χ2n) is 9.15. The third kappa shape index (κ3) is 5.55. The summed E-state index contributed by atoms with van der Waals surface area (Å²) < 4.78 is 8.08. The molecular weight excluding hydrogens is 576 g/mol. The van der Waals surface area contributed by atoms with Gasteiger partial charge in [-0.05, 0) is 35.9 Å². The largest absolute Gasteiger partial charge is 0.365 e. The Labute approximate surface area is 247 Å². The number of nitrogens with zero attached hydrogens (tertiary/aromatic N) is 5. The number of ketones is 1. The lowest BCUT2D eigenvalue weighted by Crippen LogP contribution is -2.26. The van der Waals surface area contributed by atoms with Crippen LogP contribution in [-0.4, -0.2) is 36.2 Å². The highest BCUT2D eigenvalue weighted by atomic mass is 35.5. The second kappa shape index (κ2) is 11.8. The molecule has 5 aromatic heterocycles. The fourth-order valence-electron chi connectivity index (χ4n) is 4.41. The predicted molar refractivity (Wildman–Crippen MR) is 159 cm³/mol. The predicted octanol–water partition coefficient (Wildman–Crippen LogP) is 5.66. The van der Waals surface area contributed by atoms with Gasteiger partial charge in [0.25, 0.3) is 11.5 Å². The second-order valence-corrected chi connectivity index (χ2v) is 10.9. The van der Waals surface area contributed by atoms with Gasteiger partial charge in [0.05, 0.1) is 34.9 Å². The number of pyridine rings is 2. The van der Waals surface area contributed by atoms with Gasteiger partial charge in [-0.3, -0.25) is 19.4 Å². The molecule has 1 aromatic carbocycles. The molecule has 0 atom stereocenters. The fraction of sp³-hybridized carbons (Fsp3) is 0.0667. The minimum Gasteiger partial charge on any atom is -0.365 e. The number of carbonyl (C=O) groups is 2. The van der Waals surface area contributed by atoms with Crippen molar-refractivity contribution in [3.05, 3.63) is 128 Å². The van der Waals surface area contributed by atoms with Crippen LogP contribution in [0.15, 0.2) is 107 Å². The number of benzene rings is 1. The van der Waals surface area contributed by atoms with Crippen LogP contribution in [0.3, 0.4) is 0 Å². The van der Waals surface area contributed by atoms with E-state index in [0.717, 1.165) is 4.88 Å². The lowest BCUT2D eigenvalue weighted by atomic mass is 9.99. The summed E-state index contributed by atoms with van der Waals surface area (Å²) in [5, 5.41) is 11.5. The van der Waals surface area contributed by atoms with E-state index in [1.54, 1.807) is 42.6 Å². The van der Waals surface area contributed by atoms with Crippen molar-refractivity contribution in [1.82, 2.24) is 24.5 Å². The number of Topliss-reactive ketones (excluding diaryl/α,β-unsaturated/α-hetero) is 1. The molecule has 1 N–H and O–H groups in total. The molecule has 0 aliphatic heterocycles. The molecule has 208 valence electrons. The van der Waals surface area contributed by atoms with Crippen molar-refractivity contribution in [1.29, 1.82) is 0 Å². The van der Waals surface area contributed by atoms with Crippen molar-refractivity contribution in [3.63, 3.8) is 0 Å². The van der Waals surface area contributed by atoms with Crippen molar-refractivity contribution < 1.29 is 14.1 Å². The van der Waals surface area contributed by atoms with E-state index in [9.17, 15) is 14.4 Å². The highest BCUT2D eigenvalue weighted by Crippen LogP contribution is 2.31. The molecule has 0 spiro atoms. The third-order valence-electron chi connectivity index (χ3n) is 6.42. The molecule has 0 saturated carbocycles. The first kappa shape index (κ1) is 27.1. The van der Waals surface area contributed by atoms with Gasteiger partial charge in [0.15, 0.2) is 0 Å². The monoisotopic (exact) mass is 596 g/mol. The van der Waals surface area contributed by atoms with E-state index >= 15 is 0 Å². The Morgan fingerprint density at radius 2 is 1.86 bits per heavy atom. The molecule has 6 rings (SSSR count). The lowest BCUT2D eigenvalue weighted by molar-refractivity contribution is 0.0944. The molecule has 0 saturated heterocycles. The molecule has 12 heteroatoms. The van der Waals surface area contributed by atoms with E-state index in [-0.39, 0.29) is 29.1 Å². The molecule has 0 aliphatic rings. The normalized spacial score (nSPS) is 11.0. The number of hydrogen-bond acceptors (Lipinski definition) is 9. The minimum absolute atomic E-state index is 0.188. The van der Waals surface area contributed by atoms with E-state index in [1.165, 1.54) is 39.2 Å². The maximum atomic E-state index is 13.9. The van der Waals surface area contributed by atoms with Crippen molar-refractivity contribution in [2.24, 2.45) is 0 Å². The van der Waals surface area contributed by atoms with E-state index in [4.69, 9.17) is 16.1 Å². The number of hydrogen-bond donors (Lipinski definition) is 1. The number of anilines is 1. The quantitative estimate of drug-likeness (QED) is 0.212. The van der Waals surface area contributed by atoms with Crippen LogP contribution in [0.1, 0.15) is 25.7 Å². The van der Waals surface area contributed by atoms with Crippen molar-refractivity contribution in [2.75, 3.05) is 5.32 Å². The lowest BCUT2D eigenvalue weighted by Gasteiger charge is -2.12. The number of rotatable bonds is 9. The number of halogens is 1. The topological polar surface area (TPSA) is 125 Å². The number of carbonyl (C=O) groups excluding carboxylic acids is 2. The van der Waals surface area contributed by atoms with E-state index in [0.29, 0.717) is 39.1 Å². The van der Waals surface area contributed by atoms with Crippen LogP contribution < -0.4 is 10.9 Å². The van der Waals surface area contributed by atoms with Crippen LogP contribution in [-0.2, 0) is 13.1 Å². The van der Waals surface area contributed by atoms with Gasteiger partial charge in [0.1, 0.15) is 23.3 Å². The smallest absolute Gasteiger partial charge is 0.285 e. The molecule has 10 nitrogen and oxygen atoms in total.